The second-order valence-corrected chi connectivity index (χ2v) is 3.68. The molecule has 102 valence electrons. The molecule has 1 heterocycles. The van der Waals surface area contributed by atoms with Crippen molar-refractivity contribution in [1.29, 1.82) is 0 Å². The van der Waals surface area contributed by atoms with E-state index in [-0.39, 0.29) is 12.8 Å². The molecule has 0 saturated heterocycles. The quantitative estimate of drug-likeness (QED) is 0.627. The minimum absolute atomic E-state index is 0.176. The summed E-state index contributed by atoms with van der Waals surface area (Å²) in [5.41, 5.74) is 0. The maximum Gasteiger partial charge on any atom is 0.326 e. The lowest BCUT2D eigenvalue weighted by atomic mass is 10.1. The van der Waals surface area contributed by atoms with Gasteiger partial charge in [0.05, 0.1) is 6.26 Å². The van der Waals surface area contributed by atoms with E-state index in [1.807, 2.05) is 0 Å². The largest absolute Gasteiger partial charge is 0.481 e. The van der Waals surface area contributed by atoms with Gasteiger partial charge in [-0.05, 0) is 24.6 Å². The number of carbonyl (C=O) groups excluding carboxylic acids is 1. The number of nitrogens with one attached hydrogen (secondary N) is 1. The zero-order valence-electron chi connectivity index (χ0n) is 9.91. The van der Waals surface area contributed by atoms with Crippen molar-refractivity contribution >= 4 is 23.9 Å². The van der Waals surface area contributed by atoms with Gasteiger partial charge in [-0.25, -0.2) is 4.79 Å². The SMILES string of the molecule is O=C(O)CCC(NC(=O)C=Cc1ccco1)C(=O)O. The number of carboxylic acid groups (broad SMARTS) is 2. The van der Waals surface area contributed by atoms with Gasteiger partial charge in [-0.3, -0.25) is 9.59 Å². The van der Waals surface area contributed by atoms with E-state index in [2.05, 4.69) is 5.32 Å². The molecule has 0 aromatic carbocycles. The van der Waals surface area contributed by atoms with Crippen molar-refractivity contribution in [1.82, 2.24) is 5.32 Å². The number of rotatable bonds is 7. The summed E-state index contributed by atoms with van der Waals surface area (Å²) in [5.74, 6) is -2.57. The fourth-order valence-corrected chi connectivity index (χ4v) is 1.29. The summed E-state index contributed by atoms with van der Waals surface area (Å²) in [4.78, 5) is 32.6. The first-order chi connectivity index (χ1) is 8.99. The monoisotopic (exact) mass is 267 g/mol. The molecule has 7 nitrogen and oxygen atoms in total. The van der Waals surface area contributed by atoms with Crippen LogP contribution >= 0.6 is 0 Å². The Balaban J connectivity index is 2.51. The molecule has 19 heavy (non-hydrogen) atoms. The predicted molar refractivity (Wildman–Crippen MR) is 64.2 cm³/mol. The third kappa shape index (κ3) is 5.53. The van der Waals surface area contributed by atoms with Gasteiger partial charge in [-0.2, -0.15) is 0 Å². The van der Waals surface area contributed by atoms with Crippen molar-refractivity contribution in [2.75, 3.05) is 0 Å². The Morgan fingerprint density at radius 2 is 2.11 bits per heavy atom. The number of amides is 1. The second kappa shape index (κ2) is 7.00. The van der Waals surface area contributed by atoms with E-state index in [1.165, 1.54) is 12.3 Å². The van der Waals surface area contributed by atoms with E-state index in [0.717, 1.165) is 6.08 Å². The molecule has 0 aliphatic carbocycles. The van der Waals surface area contributed by atoms with Gasteiger partial charge in [-0.1, -0.05) is 0 Å². The zero-order valence-corrected chi connectivity index (χ0v) is 9.91. The number of hydrogen-bond acceptors (Lipinski definition) is 4. The highest BCUT2D eigenvalue weighted by molar-refractivity contribution is 5.94. The van der Waals surface area contributed by atoms with Gasteiger partial charge in [-0.15, -0.1) is 0 Å². The minimum atomic E-state index is -1.28. The molecule has 0 radical (unpaired) electrons. The van der Waals surface area contributed by atoms with Gasteiger partial charge >= 0.3 is 11.9 Å². The van der Waals surface area contributed by atoms with E-state index in [0.29, 0.717) is 5.76 Å². The Bertz CT molecular complexity index is 476. The minimum Gasteiger partial charge on any atom is -0.481 e. The maximum absolute atomic E-state index is 11.4. The number of hydrogen-bond donors (Lipinski definition) is 3. The number of carbonyl (C=O) groups is 3. The Labute approximate surface area is 108 Å². The van der Waals surface area contributed by atoms with Crippen LogP contribution in [0, 0.1) is 0 Å². The summed E-state index contributed by atoms with van der Waals surface area (Å²) >= 11 is 0. The molecular formula is C12H13NO6. The molecule has 7 heteroatoms. The van der Waals surface area contributed by atoms with Gasteiger partial charge in [0.1, 0.15) is 11.8 Å². The average molecular weight is 267 g/mol. The molecule has 1 unspecified atom stereocenters. The van der Waals surface area contributed by atoms with Crippen LogP contribution < -0.4 is 5.32 Å². The summed E-state index contributed by atoms with van der Waals surface area (Å²) in [6, 6.07) is 2.04. The summed E-state index contributed by atoms with van der Waals surface area (Å²) in [5, 5.41) is 19.5. The first kappa shape index (κ1) is 14.5. The molecule has 0 bridgehead atoms. The van der Waals surface area contributed by atoms with Crippen LogP contribution in [0.15, 0.2) is 28.9 Å². The molecule has 0 spiro atoms. The lowest BCUT2D eigenvalue weighted by Gasteiger charge is -2.11. The van der Waals surface area contributed by atoms with Gasteiger partial charge in [0.25, 0.3) is 0 Å². The summed E-state index contributed by atoms with van der Waals surface area (Å²) < 4.78 is 4.95. The highest BCUT2D eigenvalue weighted by atomic mass is 16.4. The van der Waals surface area contributed by atoms with Crippen molar-refractivity contribution in [3.05, 3.63) is 30.2 Å². The van der Waals surface area contributed by atoms with E-state index >= 15 is 0 Å². The van der Waals surface area contributed by atoms with E-state index < -0.39 is 23.9 Å². The first-order valence-electron chi connectivity index (χ1n) is 5.45. The summed E-state index contributed by atoms with van der Waals surface area (Å²) in [7, 11) is 0. The second-order valence-electron chi connectivity index (χ2n) is 3.68. The predicted octanol–water partition coefficient (Wildman–Crippen LogP) is 0.727. The number of aliphatic carboxylic acids is 2. The fraction of sp³-hybridized carbons (Fsp3) is 0.250. The summed E-state index contributed by atoms with van der Waals surface area (Å²) in [6.45, 7) is 0. The van der Waals surface area contributed by atoms with Crippen molar-refractivity contribution in [3.8, 4) is 0 Å². The van der Waals surface area contributed by atoms with Crippen LogP contribution in [0.4, 0.5) is 0 Å². The number of carboxylic acids is 2. The summed E-state index contributed by atoms with van der Waals surface area (Å²) in [6.07, 6.45) is 3.43. The van der Waals surface area contributed by atoms with Crippen molar-refractivity contribution in [2.24, 2.45) is 0 Å². The Hall–Kier alpha value is -2.57. The van der Waals surface area contributed by atoms with Crippen LogP contribution in [0.3, 0.4) is 0 Å². The average Bonchev–Trinajstić information content (AvgIpc) is 2.84. The maximum atomic E-state index is 11.4. The molecule has 1 rings (SSSR count). The molecule has 0 aliphatic heterocycles. The highest BCUT2D eigenvalue weighted by Crippen LogP contribution is 2.03. The smallest absolute Gasteiger partial charge is 0.326 e. The topological polar surface area (TPSA) is 117 Å². The van der Waals surface area contributed by atoms with Crippen molar-refractivity contribution in [3.63, 3.8) is 0 Å². The molecule has 1 aromatic heterocycles. The van der Waals surface area contributed by atoms with Crippen LogP contribution in [0.1, 0.15) is 18.6 Å². The Kier molecular flexibility index (Phi) is 5.34. The first-order valence-corrected chi connectivity index (χ1v) is 5.45. The molecule has 0 saturated carbocycles. The Morgan fingerprint density at radius 3 is 2.63 bits per heavy atom. The van der Waals surface area contributed by atoms with E-state index in [1.54, 1.807) is 12.1 Å². The normalized spacial score (nSPS) is 12.2. The van der Waals surface area contributed by atoms with Crippen molar-refractivity contribution < 1.29 is 29.0 Å². The van der Waals surface area contributed by atoms with Crippen LogP contribution in [-0.4, -0.2) is 34.1 Å². The van der Waals surface area contributed by atoms with Gasteiger partial charge < -0.3 is 19.9 Å². The molecule has 1 atom stereocenters. The van der Waals surface area contributed by atoms with E-state index in [4.69, 9.17) is 14.6 Å². The van der Waals surface area contributed by atoms with Gasteiger partial charge in [0.2, 0.25) is 5.91 Å². The third-order valence-electron chi connectivity index (χ3n) is 2.20. The van der Waals surface area contributed by atoms with Crippen LogP contribution in [0.25, 0.3) is 6.08 Å². The molecule has 0 aliphatic rings. The lowest BCUT2D eigenvalue weighted by molar-refractivity contribution is -0.142. The van der Waals surface area contributed by atoms with Crippen LogP contribution in [0.5, 0.6) is 0 Å². The molecule has 1 aromatic rings. The fourth-order valence-electron chi connectivity index (χ4n) is 1.29. The zero-order chi connectivity index (χ0) is 14.3. The standard InChI is InChI=1S/C12H13NO6/c14-10(5-3-8-2-1-7-19-8)13-9(12(17)18)4-6-11(15)16/h1-3,5,7,9H,4,6H2,(H,13,14)(H,15,16)(H,17,18). The Morgan fingerprint density at radius 1 is 1.37 bits per heavy atom. The van der Waals surface area contributed by atoms with Crippen molar-refractivity contribution in [2.45, 2.75) is 18.9 Å². The lowest BCUT2D eigenvalue weighted by Crippen LogP contribution is -2.40. The number of furan rings is 1. The molecule has 0 fully saturated rings. The molecule has 1 amide bonds. The molecule has 3 N–H and O–H groups in total. The van der Waals surface area contributed by atoms with Gasteiger partial charge in [0.15, 0.2) is 0 Å². The third-order valence-corrected chi connectivity index (χ3v) is 2.20. The van der Waals surface area contributed by atoms with Crippen LogP contribution in [0.2, 0.25) is 0 Å². The highest BCUT2D eigenvalue weighted by Gasteiger charge is 2.19. The van der Waals surface area contributed by atoms with Gasteiger partial charge in [0, 0.05) is 12.5 Å². The molecular weight excluding hydrogens is 254 g/mol. The van der Waals surface area contributed by atoms with Crippen LogP contribution in [-0.2, 0) is 14.4 Å². The van der Waals surface area contributed by atoms with E-state index in [9.17, 15) is 14.4 Å².